The highest BCUT2D eigenvalue weighted by Crippen LogP contribution is 2.34. The van der Waals surface area contributed by atoms with E-state index in [4.69, 9.17) is 39.5 Å². The molecule has 0 saturated carbocycles. The van der Waals surface area contributed by atoms with Gasteiger partial charge in [-0.15, -0.1) is 0 Å². The summed E-state index contributed by atoms with van der Waals surface area (Å²) in [6.45, 7) is 0.123. The van der Waals surface area contributed by atoms with Crippen molar-refractivity contribution in [3.05, 3.63) is 109 Å². The van der Waals surface area contributed by atoms with Crippen molar-refractivity contribution in [3.63, 3.8) is 0 Å². The number of aromatic nitrogens is 1. The van der Waals surface area contributed by atoms with Gasteiger partial charge in [-0.05, 0) is 41.1 Å². The molecule has 2 aromatic carbocycles. The zero-order valence-electron chi connectivity index (χ0n) is 19.2. The molecule has 0 spiro atoms. The van der Waals surface area contributed by atoms with Crippen molar-refractivity contribution in [3.8, 4) is 5.88 Å². The van der Waals surface area contributed by atoms with Crippen molar-refractivity contribution in [1.82, 2.24) is 10.3 Å². The van der Waals surface area contributed by atoms with Gasteiger partial charge in [0.05, 0.1) is 27.6 Å². The summed E-state index contributed by atoms with van der Waals surface area (Å²) in [7, 11) is 0. The molecule has 0 radical (unpaired) electrons. The van der Waals surface area contributed by atoms with Crippen LogP contribution in [0.3, 0.4) is 0 Å². The minimum atomic E-state index is -1.43. The van der Waals surface area contributed by atoms with Gasteiger partial charge in [0.15, 0.2) is 0 Å². The fourth-order valence-corrected chi connectivity index (χ4v) is 5.40. The molecule has 1 aliphatic rings. The summed E-state index contributed by atoms with van der Waals surface area (Å²) in [6, 6.07) is 12.7. The molecule has 38 heavy (non-hydrogen) atoms. The van der Waals surface area contributed by atoms with Gasteiger partial charge < -0.3 is 15.4 Å². The number of carbonyl (C=O) groups excluding carboxylic acids is 2. The van der Waals surface area contributed by atoms with E-state index in [0.717, 1.165) is 17.8 Å². The zero-order valence-corrected chi connectivity index (χ0v) is 22.3. The number of hydrogen-bond acceptors (Lipinski definition) is 6. The normalized spacial score (nSPS) is 14.7. The quantitative estimate of drug-likeness (QED) is 0.273. The van der Waals surface area contributed by atoms with Gasteiger partial charge in [0, 0.05) is 21.7 Å². The Balaban J connectivity index is 1.52. The molecule has 2 amide bonds. The molecule has 2 aromatic heterocycles. The molecule has 0 bridgehead atoms. The second kappa shape index (κ2) is 11.1. The lowest BCUT2D eigenvalue weighted by molar-refractivity contribution is -0.117. The summed E-state index contributed by atoms with van der Waals surface area (Å²) in [4.78, 5) is 34.9. The first-order chi connectivity index (χ1) is 18.3. The van der Waals surface area contributed by atoms with Gasteiger partial charge >= 0.3 is 0 Å². The van der Waals surface area contributed by atoms with Crippen LogP contribution in [-0.2, 0) is 11.4 Å². The first-order valence-corrected chi connectivity index (χ1v) is 13.1. The van der Waals surface area contributed by atoms with E-state index in [1.165, 1.54) is 23.5 Å². The maximum absolute atomic E-state index is 14.1. The molecule has 4 aromatic rings. The summed E-state index contributed by atoms with van der Waals surface area (Å²) >= 11 is 20.5. The third-order valence-electron chi connectivity index (χ3n) is 5.48. The largest absolute Gasteiger partial charge is 0.472 e. The minimum Gasteiger partial charge on any atom is -0.472 e. The number of halogens is 4. The second-order valence-electron chi connectivity index (χ2n) is 8.06. The number of benzene rings is 2. The van der Waals surface area contributed by atoms with Crippen LogP contribution in [0.2, 0.25) is 15.1 Å². The van der Waals surface area contributed by atoms with Crippen LogP contribution in [-0.4, -0.2) is 28.7 Å². The molecule has 0 aliphatic carbocycles. The average molecular weight is 590 g/mol. The number of benzodiazepines with no additional fused rings is 1. The third-order valence-corrected chi connectivity index (χ3v) is 7.02. The number of amides is 2. The van der Waals surface area contributed by atoms with E-state index in [1.54, 1.807) is 24.3 Å². The number of nitrogens with zero attached hydrogens (tertiary/aromatic N) is 2. The lowest BCUT2D eigenvalue weighted by Gasteiger charge is -2.16. The molecule has 3 heterocycles. The highest BCUT2D eigenvalue weighted by atomic mass is 35.5. The Kier molecular flexibility index (Phi) is 7.62. The average Bonchev–Trinajstić information content (AvgIpc) is 3.36. The van der Waals surface area contributed by atoms with Crippen molar-refractivity contribution < 1.29 is 18.7 Å². The smallest absolute Gasteiger partial charge is 0.269 e. The summed E-state index contributed by atoms with van der Waals surface area (Å²) < 4.78 is 19.7. The molecule has 1 atom stereocenters. The zero-order chi connectivity index (χ0) is 26.8. The number of aliphatic imine (C=N–C) groups is 1. The maximum atomic E-state index is 14.1. The number of carbonyl (C=O) groups is 2. The van der Waals surface area contributed by atoms with Crippen LogP contribution < -0.4 is 15.4 Å². The number of ether oxygens (including phenoxy) is 1. The van der Waals surface area contributed by atoms with Crippen LogP contribution in [0, 0.1) is 5.82 Å². The number of thiophene rings is 1. The second-order valence-corrected chi connectivity index (χ2v) is 10.1. The predicted molar refractivity (Wildman–Crippen MR) is 146 cm³/mol. The van der Waals surface area contributed by atoms with Gasteiger partial charge in [-0.1, -0.05) is 53.0 Å². The van der Waals surface area contributed by atoms with Gasteiger partial charge in [0.2, 0.25) is 12.0 Å². The highest BCUT2D eigenvalue weighted by molar-refractivity contribution is 7.07. The topological polar surface area (TPSA) is 92.7 Å². The van der Waals surface area contributed by atoms with Gasteiger partial charge in [0.1, 0.15) is 18.0 Å². The third kappa shape index (κ3) is 5.51. The molecule has 0 saturated heterocycles. The predicted octanol–water partition coefficient (Wildman–Crippen LogP) is 6.37. The van der Waals surface area contributed by atoms with Crippen molar-refractivity contribution in [2.75, 3.05) is 5.32 Å². The van der Waals surface area contributed by atoms with Crippen LogP contribution in [0.25, 0.3) is 0 Å². The Bertz CT molecular complexity index is 1560. The summed E-state index contributed by atoms with van der Waals surface area (Å²) in [5, 5.41) is 9.76. The fourth-order valence-electron chi connectivity index (χ4n) is 3.76. The molecule has 5 rings (SSSR count). The maximum Gasteiger partial charge on any atom is 0.269 e. The van der Waals surface area contributed by atoms with E-state index in [9.17, 15) is 14.0 Å². The van der Waals surface area contributed by atoms with Crippen molar-refractivity contribution in [2.45, 2.75) is 12.8 Å². The number of rotatable bonds is 6. The van der Waals surface area contributed by atoms with E-state index in [1.807, 2.05) is 16.8 Å². The summed E-state index contributed by atoms with van der Waals surface area (Å²) in [5.41, 5.74) is 2.20. The fraction of sp³-hybridized carbons (Fsp3) is 0.0769. The number of pyridine rings is 1. The van der Waals surface area contributed by atoms with Crippen LogP contribution in [0.4, 0.5) is 10.1 Å². The molecule has 192 valence electrons. The van der Waals surface area contributed by atoms with Gasteiger partial charge in [-0.25, -0.2) is 14.4 Å². The minimum absolute atomic E-state index is 0.0968. The Morgan fingerprint density at radius 2 is 1.89 bits per heavy atom. The molecule has 2 N–H and O–H groups in total. The monoisotopic (exact) mass is 588 g/mol. The molecule has 7 nitrogen and oxygen atoms in total. The van der Waals surface area contributed by atoms with Crippen molar-refractivity contribution in [2.24, 2.45) is 4.99 Å². The van der Waals surface area contributed by atoms with Crippen molar-refractivity contribution in [1.29, 1.82) is 0 Å². The van der Waals surface area contributed by atoms with Gasteiger partial charge in [-0.3, -0.25) is 9.59 Å². The van der Waals surface area contributed by atoms with E-state index >= 15 is 0 Å². The van der Waals surface area contributed by atoms with E-state index < -0.39 is 23.8 Å². The standard InChI is InChI=1S/C26H16Cl3FN4O3S/c27-14-7-18(28)21(19(29)8-14)22-16-3-1-2-4-20(16)32-25(36)23(33-22)34-24(35)17-9-15(30)10-31-26(17)37-11-13-5-6-38-12-13/h1-10,12,23H,11H2,(H,32,36)(H,34,35). The molecular weight excluding hydrogens is 574 g/mol. The highest BCUT2D eigenvalue weighted by Gasteiger charge is 2.30. The SMILES string of the molecule is O=C(NC1N=C(c2c(Cl)cc(Cl)cc2Cl)c2ccccc2NC1=O)c1cc(F)cnc1OCc1ccsc1. The number of nitrogens with one attached hydrogen (secondary N) is 2. The van der Waals surface area contributed by atoms with E-state index in [-0.39, 0.29) is 33.8 Å². The Morgan fingerprint density at radius 3 is 2.63 bits per heavy atom. The lowest BCUT2D eigenvalue weighted by Crippen LogP contribution is -2.42. The number of hydrogen-bond donors (Lipinski definition) is 2. The van der Waals surface area contributed by atoms with Crippen LogP contribution in [0.1, 0.15) is 27.0 Å². The lowest BCUT2D eigenvalue weighted by atomic mass is 10.0. The Hall–Kier alpha value is -3.50. The van der Waals surface area contributed by atoms with E-state index in [2.05, 4.69) is 20.6 Å². The molecule has 1 unspecified atom stereocenters. The molecular formula is C26H16Cl3FN4O3S. The number of para-hydroxylation sites is 1. The van der Waals surface area contributed by atoms with Crippen molar-refractivity contribution >= 4 is 69.4 Å². The summed E-state index contributed by atoms with van der Waals surface area (Å²) in [5.74, 6) is -2.30. The van der Waals surface area contributed by atoms with Crippen LogP contribution >= 0.6 is 46.1 Å². The Labute approximate surface area is 235 Å². The molecule has 1 aliphatic heterocycles. The first kappa shape index (κ1) is 26.1. The van der Waals surface area contributed by atoms with Gasteiger partial charge in [-0.2, -0.15) is 11.3 Å². The molecule has 12 heteroatoms. The molecule has 0 fully saturated rings. The van der Waals surface area contributed by atoms with Crippen LogP contribution in [0.15, 0.2) is 70.5 Å². The number of fused-ring (bicyclic) bond motifs is 1. The number of anilines is 1. The first-order valence-electron chi connectivity index (χ1n) is 11.0. The van der Waals surface area contributed by atoms with E-state index in [0.29, 0.717) is 21.8 Å². The Morgan fingerprint density at radius 1 is 1.13 bits per heavy atom. The van der Waals surface area contributed by atoms with Crippen LogP contribution in [0.5, 0.6) is 5.88 Å². The summed E-state index contributed by atoms with van der Waals surface area (Å²) in [6.07, 6.45) is -0.490. The van der Waals surface area contributed by atoms with Gasteiger partial charge in [0.25, 0.3) is 11.8 Å².